The molecular formula is C19H19N3O2. The molecule has 5 heteroatoms. The van der Waals surface area contributed by atoms with Crippen LogP contribution in [0.25, 0.3) is 11.0 Å². The lowest BCUT2D eigenvalue weighted by Crippen LogP contribution is -2.33. The SMILES string of the molecule is CC1(C)Cc2nc3c(cc2CO1)c(=O)ncn3Cc1ccccc1. The van der Waals surface area contributed by atoms with E-state index in [-0.39, 0.29) is 11.2 Å². The Hall–Kier alpha value is -2.53. The van der Waals surface area contributed by atoms with Gasteiger partial charge in [0.1, 0.15) is 12.0 Å². The molecule has 0 aliphatic carbocycles. The van der Waals surface area contributed by atoms with Crippen LogP contribution < -0.4 is 5.56 Å². The van der Waals surface area contributed by atoms with Crippen LogP contribution in [-0.4, -0.2) is 20.1 Å². The molecule has 1 aliphatic rings. The third-order valence-electron chi connectivity index (χ3n) is 4.40. The van der Waals surface area contributed by atoms with Gasteiger partial charge >= 0.3 is 0 Å². The first-order chi connectivity index (χ1) is 11.5. The maximum atomic E-state index is 12.2. The van der Waals surface area contributed by atoms with Crippen molar-refractivity contribution in [1.29, 1.82) is 0 Å². The summed E-state index contributed by atoms with van der Waals surface area (Å²) in [7, 11) is 0. The van der Waals surface area contributed by atoms with Gasteiger partial charge in [-0.3, -0.25) is 4.79 Å². The molecule has 0 amide bonds. The third-order valence-corrected chi connectivity index (χ3v) is 4.40. The number of rotatable bonds is 2. The van der Waals surface area contributed by atoms with E-state index in [9.17, 15) is 4.79 Å². The van der Waals surface area contributed by atoms with Crippen LogP contribution in [0.5, 0.6) is 0 Å². The van der Waals surface area contributed by atoms with Crippen molar-refractivity contribution in [2.24, 2.45) is 0 Å². The summed E-state index contributed by atoms with van der Waals surface area (Å²) in [6.45, 7) is 5.24. The van der Waals surface area contributed by atoms with Crippen molar-refractivity contribution in [1.82, 2.24) is 14.5 Å². The van der Waals surface area contributed by atoms with Gasteiger partial charge in [-0.2, -0.15) is 4.98 Å². The number of aromatic nitrogens is 3. The van der Waals surface area contributed by atoms with Gasteiger partial charge in [0.15, 0.2) is 0 Å². The summed E-state index contributed by atoms with van der Waals surface area (Å²) in [6.07, 6.45) is 2.32. The summed E-state index contributed by atoms with van der Waals surface area (Å²) < 4.78 is 7.78. The number of hydrogen-bond acceptors (Lipinski definition) is 4. The molecule has 5 nitrogen and oxygen atoms in total. The lowest BCUT2D eigenvalue weighted by molar-refractivity contribution is -0.0411. The minimum atomic E-state index is -0.241. The Labute approximate surface area is 139 Å². The van der Waals surface area contributed by atoms with Crippen LogP contribution >= 0.6 is 0 Å². The highest BCUT2D eigenvalue weighted by molar-refractivity contribution is 5.75. The van der Waals surface area contributed by atoms with Crippen molar-refractivity contribution in [2.45, 2.75) is 39.0 Å². The molecule has 24 heavy (non-hydrogen) atoms. The van der Waals surface area contributed by atoms with Crippen LogP contribution in [0.15, 0.2) is 47.5 Å². The Morgan fingerprint density at radius 2 is 2.04 bits per heavy atom. The molecule has 0 fully saturated rings. The fourth-order valence-corrected chi connectivity index (χ4v) is 3.11. The minimum Gasteiger partial charge on any atom is -0.370 e. The fourth-order valence-electron chi connectivity index (χ4n) is 3.11. The van der Waals surface area contributed by atoms with Crippen LogP contribution in [0.1, 0.15) is 30.7 Å². The molecule has 0 unspecified atom stereocenters. The number of pyridine rings is 1. The van der Waals surface area contributed by atoms with Crippen LogP contribution in [0, 0.1) is 0 Å². The van der Waals surface area contributed by atoms with Gasteiger partial charge in [-0.15, -0.1) is 0 Å². The molecule has 3 aromatic rings. The molecule has 0 atom stereocenters. The maximum absolute atomic E-state index is 12.2. The number of hydrogen-bond donors (Lipinski definition) is 0. The molecule has 0 bridgehead atoms. The van der Waals surface area contributed by atoms with Gasteiger partial charge in [-0.25, -0.2) is 4.98 Å². The van der Waals surface area contributed by atoms with Crippen molar-refractivity contribution in [2.75, 3.05) is 0 Å². The number of fused-ring (bicyclic) bond motifs is 2. The molecular weight excluding hydrogens is 302 g/mol. The highest BCUT2D eigenvalue weighted by atomic mass is 16.5. The summed E-state index contributed by atoms with van der Waals surface area (Å²) in [5.74, 6) is 0. The highest BCUT2D eigenvalue weighted by Crippen LogP contribution is 2.28. The van der Waals surface area contributed by atoms with Gasteiger partial charge in [0, 0.05) is 12.0 Å². The third kappa shape index (κ3) is 2.71. The Morgan fingerprint density at radius 1 is 1.25 bits per heavy atom. The van der Waals surface area contributed by atoms with E-state index in [1.54, 1.807) is 6.33 Å². The van der Waals surface area contributed by atoms with Crippen molar-refractivity contribution in [3.05, 3.63) is 69.9 Å². The first-order valence-corrected chi connectivity index (χ1v) is 8.08. The van der Waals surface area contributed by atoms with Gasteiger partial charge in [0.25, 0.3) is 5.56 Å². The second-order valence-corrected chi connectivity index (χ2v) is 6.85. The van der Waals surface area contributed by atoms with Crippen molar-refractivity contribution in [3.8, 4) is 0 Å². The zero-order valence-electron chi connectivity index (χ0n) is 13.8. The van der Waals surface area contributed by atoms with E-state index in [2.05, 4.69) is 31.0 Å². The number of ether oxygens (including phenoxy) is 1. The smallest absolute Gasteiger partial charge is 0.282 e. The molecule has 0 saturated carbocycles. The summed E-state index contributed by atoms with van der Waals surface area (Å²) in [4.78, 5) is 21.0. The molecule has 0 N–H and O–H groups in total. The molecule has 1 aliphatic heterocycles. The van der Waals surface area contributed by atoms with Gasteiger partial charge in [0.05, 0.1) is 29.8 Å². The van der Waals surface area contributed by atoms with Crippen LogP contribution in [0.4, 0.5) is 0 Å². The minimum absolute atomic E-state index is 0.231. The Balaban J connectivity index is 1.86. The molecule has 0 radical (unpaired) electrons. The monoisotopic (exact) mass is 321 g/mol. The Morgan fingerprint density at radius 3 is 2.83 bits per heavy atom. The summed E-state index contributed by atoms with van der Waals surface area (Å²) >= 11 is 0. The van der Waals surface area contributed by atoms with Gasteiger partial charge in [-0.1, -0.05) is 30.3 Å². The van der Waals surface area contributed by atoms with Gasteiger partial charge in [0.2, 0.25) is 0 Å². The molecule has 2 aromatic heterocycles. The zero-order chi connectivity index (χ0) is 16.7. The van der Waals surface area contributed by atoms with Crippen LogP contribution in [-0.2, 0) is 24.3 Å². The summed E-state index contributed by atoms with van der Waals surface area (Å²) in [5, 5.41) is 0.551. The van der Waals surface area contributed by atoms with E-state index in [0.717, 1.165) is 23.2 Å². The molecule has 4 rings (SSSR count). The largest absolute Gasteiger partial charge is 0.370 e. The molecule has 0 saturated heterocycles. The Kier molecular flexibility index (Phi) is 3.46. The predicted molar refractivity (Wildman–Crippen MR) is 91.9 cm³/mol. The number of nitrogens with zero attached hydrogens (tertiary/aromatic N) is 3. The Bertz CT molecular complexity index is 962. The van der Waals surface area contributed by atoms with Crippen LogP contribution in [0.3, 0.4) is 0 Å². The quantitative estimate of drug-likeness (QED) is 0.728. The molecule has 0 spiro atoms. The standard InChI is InChI=1S/C19H19N3O2/c1-19(2)9-16-14(11-24-19)8-15-17(21-16)22(12-20-18(15)23)10-13-6-4-3-5-7-13/h3-8,12H,9-11H2,1-2H3. The first-order valence-electron chi connectivity index (χ1n) is 8.08. The van der Waals surface area contributed by atoms with Crippen molar-refractivity contribution >= 4 is 11.0 Å². The normalized spacial score (nSPS) is 16.1. The number of benzene rings is 1. The lowest BCUT2D eigenvalue weighted by atomic mass is 9.95. The molecule has 1 aromatic carbocycles. The van der Waals surface area contributed by atoms with E-state index in [1.807, 2.05) is 28.8 Å². The van der Waals surface area contributed by atoms with Crippen LogP contribution in [0.2, 0.25) is 0 Å². The summed E-state index contributed by atoms with van der Waals surface area (Å²) in [5.41, 5.74) is 3.35. The zero-order valence-corrected chi connectivity index (χ0v) is 13.8. The predicted octanol–water partition coefficient (Wildman–Crippen LogP) is 2.69. The second-order valence-electron chi connectivity index (χ2n) is 6.85. The van der Waals surface area contributed by atoms with Gasteiger partial charge < -0.3 is 9.30 Å². The summed E-state index contributed by atoms with van der Waals surface area (Å²) in [6, 6.07) is 12.0. The molecule has 3 heterocycles. The average molecular weight is 321 g/mol. The van der Waals surface area contributed by atoms with Gasteiger partial charge in [-0.05, 0) is 25.5 Å². The molecule has 122 valence electrons. The van der Waals surface area contributed by atoms with E-state index in [4.69, 9.17) is 9.72 Å². The first kappa shape index (κ1) is 15.0. The topological polar surface area (TPSA) is 57.0 Å². The van der Waals surface area contributed by atoms with Crippen molar-refractivity contribution < 1.29 is 4.74 Å². The van der Waals surface area contributed by atoms with E-state index in [1.165, 1.54) is 0 Å². The highest BCUT2D eigenvalue weighted by Gasteiger charge is 2.28. The lowest BCUT2D eigenvalue weighted by Gasteiger charge is -2.31. The van der Waals surface area contributed by atoms with E-state index in [0.29, 0.717) is 24.2 Å². The maximum Gasteiger partial charge on any atom is 0.282 e. The van der Waals surface area contributed by atoms with Crippen molar-refractivity contribution in [3.63, 3.8) is 0 Å². The second kappa shape index (κ2) is 5.53. The van der Waals surface area contributed by atoms with E-state index < -0.39 is 0 Å². The van der Waals surface area contributed by atoms with E-state index >= 15 is 0 Å². The average Bonchev–Trinajstić information content (AvgIpc) is 2.56. The fraction of sp³-hybridized carbons (Fsp3) is 0.316.